The van der Waals surface area contributed by atoms with Crippen molar-refractivity contribution in [2.24, 2.45) is 5.92 Å². The molecule has 0 aromatic heterocycles. The molecule has 1 heterocycles. The summed E-state index contributed by atoms with van der Waals surface area (Å²) < 4.78 is 0. The van der Waals surface area contributed by atoms with Gasteiger partial charge in [-0.05, 0) is 48.4 Å². The van der Waals surface area contributed by atoms with Crippen LogP contribution >= 0.6 is 0 Å². The second kappa shape index (κ2) is 6.19. The summed E-state index contributed by atoms with van der Waals surface area (Å²) in [5.74, 6) is 0.319. The number of nitro benzene ring substituents is 2. The van der Waals surface area contributed by atoms with Crippen LogP contribution in [0.4, 0.5) is 17.1 Å². The van der Waals surface area contributed by atoms with Gasteiger partial charge in [-0.3, -0.25) is 20.2 Å². The van der Waals surface area contributed by atoms with Crippen LogP contribution in [0.15, 0.2) is 42.5 Å². The van der Waals surface area contributed by atoms with Crippen LogP contribution in [0, 0.1) is 40.0 Å². The number of rotatable bonds is 3. The summed E-state index contributed by atoms with van der Waals surface area (Å²) in [6.45, 7) is 3.91. The molecule has 2 aliphatic rings. The summed E-state index contributed by atoms with van der Waals surface area (Å²) in [4.78, 5) is 21.8. The van der Waals surface area contributed by atoms with Crippen molar-refractivity contribution in [1.29, 1.82) is 0 Å². The van der Waals surface area contributed by atoms with E-state index in [9.17, 15) is 20.2 Å². The van der Waals surface area contributed by atoms with Crippen LogP contribution in [-0.2, 0) is 0 Å². The Kier molecular flexibility index (Phi) is 3.95. The van der Waals surface area contributed by atoms with E-state index in [2.05, 4.69) is 17.5 Å². The molecule has 27 heavy (non-hydrogen) atoms. The molecular weight excluding hydrogens is 346 g/mol. The maximum Gasteiger partial charge on any atom is 0.292 e. The van der Waals surface area contributed by atoms with Gasteiger partial charge in [-0.2, -0.15) is 0 Å². The Morgan fingerprint density at radius 1 is 1.07 bits per heavy atom. The lowest BCUT2D eigenvalue weighted by Gasteiger charge is -2.38. The first-order valence-corrected chi connectivity index (χ1v) is 8.84. The largest absolute Gasteiger partial charge is 0.372 e. The number of benzene rings is 2. The van der Waals surface area contributed by atoms with Crippen LogP contribution < -0.4 is 5.32 Å². The molecule has 4 rings (SSSR count). The van der Waals surface area contributed by atoms with Crippen molar-refractivity contribution < 1.29 is 9.85 Å². The first-order valence-electron chi connectivity index (χ1n) is 8.84. The number of hydrogen-bond acceptors (Lipinski definition) is 5. The van der Waals surface area contributed by atoms with Gasteiger partial charge in [0.05, 0.1) is 15.9 Å². The van der Waals surface area contributed by atoms with E-state index in [1.807, 2.05) is 13.8 Å². The molecule has 2 aromatic rings. The molecule has 3 atom stereocenters. The molecule has 0 bridgehead atoms. The van der Waals surface area contributed by atoms with Crippen LogP contribution in [0.2, 0.25) is 0 Å². The highest BCUT2D eigenvalue weighted by Gasteiger charge is 2.41. The monoisotopic (exact) mass is 365 g/mol. The van der Waals surface area contributed by atoms with Gasteiger partial charge >= 0.3 is 0 Å². The van der Waals surface area contributed by atoms with E-state index in [0.717, 1.165) is 28.7 Å². The number of nitrogens with zero attached hydrogens (tertiary/aromatic N) is 2. The lowest BCUT2D eigenvalue weighted by Crippen LogP contribution is -2.30. The maximum absolute atomic E-state index is 11.7. The molecule has 1 aliphatic carbocycles. The Balaban J connectivity index is 1.85. The van der Waals surface area contributed by atoms with E-state index in [1.165, 1.54) is 12.1 Å². The highest BCUT2D eigenvalue weighted by Crippen LogP contribution is 2.53. The van der Waals surface area contributed by atoms with Gasteiger partial charge in [0.1, 0.15) is 5.69 Å². The molecule has 0 saturated heterocycles. The number of allylic oxidation sites excluding steroid dienone is 2. The van der Waals surface area contributed by atoms with Gasteiger partial charge in [0.25, 0.3) is 11.4 Å². The fourth-order valence-electron chi connectivity index (χ4n) is 4.36. The summed E-state index contributed by atoms with van der Waals surface area (Å²) >= 11 is 0. The summed E-state index contributed by atoms with van der Waals surface area (Å²) in [5.41, 5.74) is 4.57. The Bertz CT molecular complexity index is 982. The predicted octanol–water partition coefficient (Wildman–Crippen LogP) is 4.95. The van der Waals surface area contributed by atoms with Gasteiger partial charge in [0.15, 0.2) is 0 Å². The molecule has 0 saturated carbocycles. The van der Waals surface area contributed by atoms with E-state index < -0.39 is 4.92 Å². The first-order chi connectivity index (χ1) is 12.9. The van der Waals surface area contributed by atoms with Crippen molar-refractivity contribution in [3.8, 4) is 0 Å². The van der Waals surface area contributed by atoms with Crippen LogP contribution in [0.5, 0.6) is 0 Å². The number of fused-ring (bicyclic) bond motifs is 3. The second-order valence-electron chi connectivity index (χ2n) is 7.21. The smallest absolute Gasteiger partial charge is 0.292 e. The van der Waals surface area contributed by atoms with Gasteiger partial charge < -0.3 is 5.32 Å². The molecule has 0 spiro atoms. The van der Waals surface area contributed by atoms with Crippen molar-refractivity contribution in [2.75, 3.05) is 5.32 Å². The van der Waals surface area contributed by atoms with Gasteiger partial charge in [0, 0.05) is 24.1 Å². The Morgan fingerprint density at radius 3 is 2.41 bits per heavy atom. The molecule has 1 aliphatic heterocycles. The lowest BCUT2D eigenvalue weighted by molar-refractivity contribution is -0.384. The van der Waals surface area contributed by atoms with Gasteiger partial charge in [-0.25, -0.2) is 0 Å². The molecular formula is C20H19N3O4. The van der Waals surface area contributed by atoms with Crippen LogP contribution in [0.25, 0.3) is 0 Å². The van der Waals surface area contributed by atoms with E-state index in [4.69, 9.17) is 0 Å². The SMILES string of the molecule is Cc1cc([N+](=O)[O-])c2c(c1C)[C@@H]1C=CC[C@@H]1[C@H](c1ccc([N+](=O)[O-])cc1)N2. The van der Waals surface area contributed by atoms with E-state index in [1.54, 1.807) is 18.2 Å². The lowest BCUT2D eigenvalue weighted by atomic mass is 9.74. The first kappa shape index (κ1) is 17.2. The molecule has 1 N–H and O–H groups in total. The quantitative estimate of drug-likeness (QED) is 0.471. The minimum absolute atomic E-state index is 0.0357. The zero-order valence-electron chi connectivity index (χ0n) is 15.0. The number of nitro groups is 2. The fourth-order valence-corrected chi connectivity index (χ4v) is 4.36. The maximum atomic E-state index is 11.7. The Labute approximate surface area is 156 Å². The van der Waals surface area contributed by atoms with Crippen LogP contribution in [0.3, 0.4) is 0 Å². The highest BCUT2D eigenvalue weighted by atomic mass is 16.6. The molecule has 138 valence electrons. The average Bonchev–Trinajstić information content (AvgIpc) is 3.13. The molecule has 7 heteroatoms. The van der Waals surface area contributed by atoms with Gasteiger partial charge in [0.2, 0.25) is 0 Å². The van der Waals surface area contributed by atoms with Crippen molar-refractivity contribution in [3.05, 3.63) is 85.0 Å². The third-order valence-corrected chi connectivity index (χ3v) is 5.81. The van der Waals surface area contributed by atoms with E-state index >= 15 is 0 Å². The number of aryl methyl sites for hydroxylation is 1. The summed E-state index contributed by atoms with van der Waals surface area (Å²) in [7, 11) is 0. The Morgan fingerprint density at radius 2 is 1.78 bits per heavy atom. The molecule has 0 unspecified atom stereocenters. The molecule has 0 amide bonds. The van der Waals surface area contributed by atoms with Crippen LogP contribution in [0.1, 0.15) is 40.6 Å². The number of nitrogens with one attached hydrogen (secondary N) is 1. The minimum atomic E-state index is -0.426. The average molecular weight is 365 g/mol. The van der Waals surface area contributed by atoms with Crippen molar-refractivity contribution in [1.82, 2.24) is 0 Å². The molecule has 0 fully saturated rings. The van der Waals surface area contributed by atoms with E-state index in [-0.39, 0.29) is 34.2 Å². The normalized spacial score (nSPS) is 22.7. The Hall–Kier alpha value is -3.22. The number of anilines is 1. The van der Waals surface area contributed by atoms with Crippen molar-refractivity contribution >= 4 is 17.1 Å². The molecule has 7 nitrogen and oxygen atoms in total. The number of hydrogen-bond donors (Lipinski definition) is 1. The molecule has 0 radical (unpaired) electrons. The predicted molar refractivity (Wildman–Crippen MR) is 102 cm³/mol. The van der Waals surface area contributed by atoms with E-state index in [0.29, 0.717) is 5.69 Å². The van der Waals surface area contributed by atoms with Crippen molar-refractivity contribution in [2.45, 2.75) is 32.2 Å². The summed E-state index contributed by atoms with van der Waals surface area (Å²) in [6, 6.07) is 7.93. The minimum Gasteiger partial charge on any atom is -0.372 e. The highest BCUT2D eigenvalue weighted by molar-refractivity contribution is 5.74. The second-order valence-corrected chi connectivity index (χ2v) is 7.21. The fraction of sp³-hybridized carbons (Fsp3) is 0.300. The summed E-state index contributed by atoms with van der Waals surface area (Å²) in [6.07, 6.45) is 5.12. The zero-order chi connectivity index (χ0) is 19.3. The molecule has 2 aromatic carbocycles. The number of non-ortho nitro benzene ring substituents is 1. The zero-order valence-corrected chi connectivity index (χ0v) is 15.0. The standard InChI is InChI=1S/C20H19N3O4/c1-11-10-17(23(26)27)20-18(12(11)2)15-4-3-5-16(15)19(21-20)13-6-8-14(9-7-13)22(24)25/h3-4,6-10,15-16,19,21H,5H2,1-2H3/t15-,16+,19+/m1/s1. The van der Waals surface area contributed by atoms with Crippen LogP contribution in [-0.4, -0.2) is 9.85 Å². The third-order valence-electron chi connectivity index (χ3n) is 5.81. The third kappa shape index (κ3) is 2.66. The van der Waals surface area contributed by atoms with Crippen molar-refractivity contribution in [3.63, 3.8) is 0 Å². The van der Waals surface area contributed by atoms with Gasteiger partial charge in [-0.15, -0.1) is 0 Å². The topological polar surface area (TPSA) is 98.3 Å². The summed E-state index contributed by atoms with van der Waals surface area (Å²) in [5, 5.41) is 26.0. The van der Waals surface area contributed by atoms with Gasteiger partial charge in [-0.1, -0.05) is 24.3 Å².